The third-order valence-corrected chi connectivity index (χ3v) is 4.01. The minimum atomic E-state index is 0.721. The molecule has 2 rings (SSSR count). The van der Waals surface area contributed by atoms with Gasteiger partial charge in [0.05, 0.1) is 15.0 Å². The predicted molar refractivity (Wildman–Crippen MR) is 67.8 cm³/mol. The highest BCUT2D eigenvalue weighted by atomic mass is 35.5. The number of hydrogen-bond donors (Lipinski definition) is 1. The first-order valence-electron chi connectivity index (χ1n) is 4.68. The summed E-state index contributed by atoms with van der Waals surface area (Å²) in [6.07, 6.45) is 1.97. The molecule has 2 aromatic heterocycles. The molecule has 2 heterocycles. The molecule has 2 nitrogen and oxygen atoms in total. The van der Waals surface area contributed by atoms with Gasteiger partial charge in [0.1, 0.15) is 0 Å². The van der Waals surface area contributed by atoms with E-state index in [9.17, 15) is 0 Å². The van der Waals surface area contributed by atoms with Gasteiger partial charge in [0.2, 0.25) is 0 Å². The lowest BCUT2D eigenvalue weighted by Crippen LogP contribution is -1.99. The molecular weight excluding hydrogens is 248 g/mol. The zero-order valence-electron chi connectivity index (χ0n) is 8.07. The zero-order chi connectivity index (χ0) is 10.7. The van der Waals surface area contributed by atoms with Crippen LogP contribution in [0.15, 0.2) is 16.8 Å². The maximum absolute atomic E-state index is 5.88. The summed E-state index contributed by atoms with van der Waals surface area (Å²) >= 11 is 9.10. The lowest BCUT2D eigenvalue weighted by atomic mass is 10.3. The molecule has 2 N–H and O–H groups in total. The van der Waals surface area contributed by atoms with Crippen molar-refractivity contribution < 1.29 is 0 Å². The number of rotatable bonds is 4. The first kappa shape index (κ1) is 11.1. The Morgan fingerprint density at radius 2 is 2.20 bits per heavy atom. The van der Waals surface area contributed by atoms with Crippen LogP contribution < -0.4 is 5.73 Å². The van der Waals surface area contributed by atoms with Gasteiger partial charge in [-0.3, -0.25) is 0 Å². The van der Waals surface area contributed by atoms with E-state index < -0.39 is 0 Å². The first-order chi connectivity index (χ1) is 7.29. The molecule has 0 saturated heterocycles. The fourth-order valence-electron chi connectivity index (χ4n) is 1.26. The van der Waals surface area contributed by atoms with Crippen LogP contribution in [0.5, 0.6) is 0 Å². The van der Waals surface area contributed by atoms with E-state index in [1.165, 1.54) is 11.3 Å². The number of halogens is 1. The molecule has 0 unspecified atom stereocenters. The Morgan fingerprint density at radius 3 is 2.87 bits per heavy atom. The summed E-state index contributed by atoms with van der Waals surface area (Å²) in [7, 11) is 0. The van der Waals surface area contributed by atoms with E-state index >= 15 is 0 Å². The molecule has 15 heavy (non-hydrogen) atoms. The molecule has 0 radical (unpaired) electrons. The van der Waals surface area contributed by atoms with Crippen molar-refractivity contribution >= 4 is 34.3 Å². The smallest absolute Gasteiger partial charge is 0.0935 e. The lowest BCUT2D eigenvalue weighted by Gasteiger charge is -1.91. The SMILES string of the molecule is NCCCc1nc(-c2csc(Cl)c2)cs1. The van der Waals surface area contributed by atoms with Crippen LogP contribution in [-0.4, -0.2) is 11.5 Å². The summed E-state index contributed by atoms with van der Waals surface area (Å²) in [5.74, 6) is 0. The minimum absolute atomic E-state index is 0.721. The van der Waals surface area contributed by atoms with Gasteiger partial charge in [-0.1, -0.05) is 11.6 Å². The highest BCUT2D eigenvalue weighted by Gasteiger charge is 2.06. The van der Waals surface area contributed by atoms with E-state index in [4.69, 9.17) is 17.3 Å². The molecule has 0 saturated carbocycles. The van der Waals surface area contributed by atoms with Gasteiger partial charge >= 0.3 is 0 Å². The quantitative estimate of drug-likeness (QED) is 0.913. The number of thiazole rings is 1. The maximum atomic E-state index is 5.88. The van der Waals surface area contributed by atoms with Crippen molar-refractivity contribution in [3.63, 3.8) is 0 Å². The van der Waals surface area contributed by atoms with Gasteiger partial charge in [0.15, 0.2) is 0 Å². The Bertz CT molecular complexity index is 436. The largest absolute Gasteiger partial charge is 0.330 e. The molecule has 0 aliphatic rings. The van der Waals surface area contributed by atoms with Crippen LogP contribution in [-0.2, 0) is 6.42 Å². The average molecular weight is 259 g/mol. The monoisotopic (exact) mass is 258 g/mol. The lowest BCUT2D eigenvalue weighted by molar-refractivity contribution is 0.827. The topological polar surface area (TPSA) is 38.9 Å². The van der Waals surface area contributed by atoms with Crippen LogP contribution in [0.2, 0.25) is 4.34 Å². The number of aromatic nitrogens is 1. The summed E-state index contributed by atoms with van der Waals surface area (Å²) in [6, 6.07) is 1.95. The second-order valence-corrected chi connectivity index (χ2v) is 5.64. The average Bonchev–Trinajstić information content (AvgIpc) is 2.83. The van der Waals surface area contributed by atoms with Crippen LogP contribution >= 0.6 is 34.3 Å². The zero-order valence-corrected chi connectivity index (χ0v) is 10.5. The summed E-state index contributed by atoms with van der Waals surface area (Å²) in [5.41, 5.74) is 7.59. The standard InChI is InChI=1S/C10H11ClN2S2/c11-9-4-7(5-14-9)8-6-15-10(13-8)2-1-3-12/h4-6H,1-3,12H2. The Hall–Kier alpha value is -0.420. The maximum Gasteiger partial charge on any atom is 0.0935 e. The number of aryl methyl sites for hydroxylation is 1. The van der Waals surface area contributed by atoms with Crippen LogP contribution in [0.3, 0.4) is 0 Å². The van der Waals surface area contributed by atoms with Gasteiger partial charge in [0, 0.05) is 22.7 Å². The number of nitrogens with two attached hydrogens (primary N) is 1. The Morgan fingerprint density at radius 1 is 1.33 bits per heavy atom. The molecule has 5 heteroatoms. The molecule has 0 amide bonds. The van der Waals surface area contributed by atoms with Gasteiger partial charge in [0.25, 0.3) is 0 Å². The summed E-state index contributed by atoms with van der Waals surface area (Å²) in [4.78, 5) is 4.54. The molecular formula is C10H11ClN2S2. The first-order valence-corrected chi connectivity index (χ1v) is 6.82. The van der Waals surface area contributed by atoms with Crippen molar-refractivity contribution in [1.29, 1.82) is 0 Å². The van der Waals surface area contributed by atoms with Crippen LogP contribution in [0.25, 0.3) is 11.3 Å². The van der Waals surface area contributed by atoms with Gasteiger partial charge in [-0.25, -0.2) is 4.98 Å². The normalized spacial score (nSPS) is 10.8. The fraction of sp³-hybridized carbons (Fsp3) is 0.300. The third-order valence-electron chi connectivity index (χ3n) is 2.01. The molecule has 0 fully saturated rings. The van der Waals surface area contributed by atoms with Crippen LogP contribution in [0.1, 0.15) is 11.4 Å². The molecule has 0 aliphatic heterocycles. The van der Waals surface area contributed by atoms with Crippen LogP contribution in [0, 0.1) is 0 Å². The van der Waals surface area contributed by atoms with E-state index in [-0.39, 0.29) is 0 Å². The second kappa shape index (κ2) is 5.07. The number of hydrogen-bond acceptors (Lipinski definition) is 4. The van der Waals surface area contributed by atoms with E-state index in [0.29, 0.717) is 0 Å². The van der Waals surface area contributed by atoms with Crippen molar-refractivity contribution in [3.05, 3.63) is 26.2 Å². The molecule has 0 atom stereocenters. The van der Waals surface area contributed by atoms with Crippen molar-refractivity contribution in [3.8, 4) is 11.3 Å². The van der Waals surface area contributed by atoms with E-state index in [1.54, 1.807) is 11.3 Å². The molecule has 80 valence electrons. The van der Waals surface area contributed by atoms with Crippen LogP contribution in [0.4, 0.5) is 0 Å². The Labute approximate surface area is 102 Å². The highest BCUT2D eigenvalue weighted by Crippen LogP contribution is 2.29. The van der Waals surface area contributed by atoms with Crippen molar-refractivity contribution in [1.82, 2.24) is 4.98 Å². The van der Waals surface area contributed by atoms with Gasteiger partial charge in [-0.05, 0) is 19.0 Å². The Kier molecular flexibility index (Phi) is 3.75. The van der Waals surface area contributed by atoms with Crippen molar-refractivity contribution in [2.45, 2.75) is 12.8 Å². The van der Waals surface area contributed by atoms with Crippen molar-refractivity contribution in [2.24, 2.45) is 5.73 Å². The summed E-state index contributed by atoms with van der Waals surface area (Å²) in [5, 5.41) is 5.26. The fourth-order valence-corrected chi connectivity index (χ4v) is 2.98. The van der Waals surface area contributed by atoms with Gasteiger partial charge < -0.3 is 5.73 Å². The highest BCUT2D eigenvalue weighted by molar-refractivity contribution is 7.14. The molecule has 0 aliphatic carbocycles. The predicted octanol–water partition coefficient (Wildman–Crippen LogP) is 3.42. The van der Waals surface area contributed by atoms with Gasteiger partial charge in [-0.2, -0.15) is 0 Å². The third kappa shape index (κ3) is 2.78. The second-order valence-electron chi connectivity index (χ2n) is 3.16. The minimum Gasteiger partial charge on any atom is -0.330 e. The summed E-state index contributed by atoms with van der Waals surface area (Å²) < 4.78 is 0.807. The van der Waals surface area contributed by atoms with E-state index in [2.05, 4.69) is 10.4 Å². The van der Waals surface area contributed by atoms with Gasteiger partial charge in [-0.15, -0.1) is 22.7 Å². The van der Waals surface area contributed by atoms with E-state index in [0.717, 1.165) is 40.0 Å². The molecule has 0 bridgehead atoms. The number of nitrogens with zero attached hydrogens (tertiary/aromatic N) is 1. The number of thiophene rings is 1. The molecule has 0 spiro atoms. The summed E-state index contributed by atoms with van der Waals surface area (Å²) in [6.45, 7) is 0.721. The molecule has 2 aromatic rings. The van der Waals surface area contributed by atoms with E-state index in [1.807, 2.05) is 11.4 Å². The van der Waals surface area contributed by atoms with Crippen molar-refractivity contribution in [2.75, 3.05) is 6.54 Å². The Balaban J connectivity index is 2.13. The molecule has 0 aromatic carbocycles.